The highest BCUT2D eigenvalue weighted by molar-refractivity contribution is 6.80. The third kappa shape index (κ3) is 8.88. The molecule has 4 aromatic rings. The number of ether oxygens (including phenoxy) is 1. The van der Waals surface area contributed by atoms with E-state index in [2.05, 4.69) is 0 Å². The van der Waals surface area contributed by atoms with Crippen molar-refractivity contribution in [3.8, 4) is 5.75 Å². The quantitative estimate of drug-likeness (QED) is 0.178. The van der Waals surface area contributed by atoms with E-state index in [1.807, 2.05) is 24.3 Å². The summed E-state index contributed by atoms with van der Waals surface area (Å²) in [4.78, 5) is 0. The van der Waals surface area contributed by atoms with Gasteiger partial charge in [-0.05, 0) is 39.5 Å². The minimum absolute atomic E-state index is 0.219. The summed E-state index contributed by atoms with van der Waals surface area (Å²) in [5.41, 5.74) is 13.1. The number of hydrogen-bond acceptors (Lipinski definition) is 5. The molecule has 13 heteroatoms. The topological polar surface area (TPSA) is 79.7 Å². The largest absolute Gasteiger partial charge is 0.489 e. The zero-order valence-electron chi connectivity index (χ0n) is 23.6. The maximum atomic E-state index is 13.0. The Kier molecular flexibility index (Phi) is 11.1. The van der Waals surface area contributed by atoms with Crippen LogP contribution in [-0.4, -0.2) is 40.1 Å². The molecule has 4 rings (SSSR count). The fraction of sp³-hybridized carbons (Fsp3) is 0.226. The molecule has 4 N–H and O–H groups in total. The number of hydrogen-bond donors (Lipinski definition) is 2. The smallest absolute Gasteiger partial charge is 0.416 e. The first-order valence-corrected chi connectivity index (χ1v) is 13.8. The van der Waals surface area contributed by atoms with E-state index >= 15 is 0 Å². The summed E-state index contributed by atoms with van der Waals surface area (Å²) in [7, 11) is 0. The molecule has 0 aliphatic rings. The van der Waals surface area contributed by atoms with Crippen molar-refractivity contribution in [1.82, 2.24) is 0 Å². The first-order valence-electron chi connectivity index (χ1n) is 13.8. The summed E-state index contributed by atoms with van der Waals surface area (Å²) < 4.78 is 95.6. The van der Waals surface area contributed by atoms with Gasteiger partial charge in [0, 0.05) is 26.3 Å². The molecule has 0 radical (unpaired) electrons. The first-order chi connectivity index (χ1) is 21.0. The fourth-order valence-corrected chi connectivity index (χ4v) is 4.53. The molecule has 0 atom stereocenters. The number of nitrogens with two attached hydrogens (primary N) is 2. The molecule has 230 valence electrons. The Hall–Kier alpha value is -3.77. The van der Waals surface area contributed by atoms with E-state index in [0.717, 1.165) is 40.8 Å². The standard InChI is InChI=1S/C31H30B2F6N2O3/c34-30(35,36)23-3-9-26(10-4-23)32(43-19-17-40)25-7-1-22(2-8-25)21-42-29-15-13-28(14-16-29)33(44-20-18-41)27-11-5-24(6-12-27)31(37,38)39/h1-16H,17-21,40-41H2. The lowest BCUT2D eigenvalue weighted by molar-refractivity contribution is -0.138. The predicted molar refractivity (Wildman–Crippen MR) is 160 cm³/mol. The third-order valence-electron chi connectivity index (χ3n) is 6.76. The molecular weight excluding hydrogens is 584 g/mol. The summed E-state index contributed by atoms with van der Waals surface area (Å²) in [6, 6.07) is 24.0. The van der Waals surface area contributed by atoms with Gasteiger partial charge in [0.05, 0.1) is 11.1 Å². The van der Waals surface area contributed by atoms with Gasteiger partial charge in [-0.3, -0.25) is 0 Å². The number of rotatable bonds is 13. The van der Waals surface area contributed by atoms with Crippen molar-refractivity contribution in [1.29, 1.82) is 0 Å². The number of alkyl halides is 6. The van der Waals surface area contributed by atoms with E-state index in [1.165, 1.54) is 24.3 Å². The minimum atomic E-state index is -4.43. The van der Waals surface area contributed by atoms with Crippen molar-refractivity contribution in [2.45, 2.75) is 19.0 Å². The van der Waals surface area contributed by atoms with Crippen LogP contribution in [-0.2, 0) is 28.3 Å². The maximum absolute atomic E-state index is 13.0. The molecular formula is C31H30B2F6N2O3. The lowest BCUT2D eigenvalue weighted by atomic mass is 9.55. The highest BCUT2D eigenvalue weighted by Crippen LogP contribution is 2.29. The highest BCUT2D eigenvalue weighted by Gasteiger charge is 2.32. The summed E-state index contributed by atoms with van der Waals surface area (Å²) >= 11 is 0. The van der Waals surface area contributed by atoms with Crippen molar-refractivity contribution in [2.24, 2.45) is 11.5 Å². The van der Waals surface area contributed by atoms with Gasteiger partial charge in [-0.2, -0.15) is 26.3 Å². The van der Waals surface area contributed by atoms with Crippen LogP contribution in [0.25, 0.3) is 0 Å². The van der Waals surface area contributed by atoms with Crippen molar-refractivity contribution >= 4 is 35.7 Å². The molecule has 0 spiro atoms. The maximum Gasteiger partial charge on any atom is 0.416 e. The minimum Gasteiger partial charge on any atom is -0.489 e. The van der Waals surface area contributed by atoms with Crippen LogP contribution in [0.3, 0.4) is 0 Å². The van der Waals surface area contributed by atoms with Crippen LogP contribution in [0, 0.1) is 0 Å². The zero-order chi connectivity index (χ0) is 31.7. The van der Waals surface area contributed by atoms with E-state index in [1.54, 1.807) is 24.3 Å². The Morgan fingerprint density at radius 3 is 1.18 bits per heavy atom. The van der Waals surface area contributed by atoms with Crippen LogP contribution < -0.4 is 38.1 Å². The van der Waals surface area contributed by atoms with E-state index in [9.17, 15) is 26.3 Å². The molecule has 5 nitrogen and oxygen atoms in total. The summed E-state index contributed by atoms with van der Waals surface area (Å²) in [6.45, 7) is -0.0160. The summed E-state index contributed by atoms with van der Waals surface area (Å²) in [5, 5.41) is 0. The van der Waals surface area contributed by atoms with Gasteiger partial charge in [-0.25, -0.2) is 0 Å². The zero-order valence-corrected chi connectivity index (χ0v) is 23.6. The van der Waals surface area contributed by atoms with Crippen LogP contribution >= 0.6 is 0 Å². The molecule has 0 saturated carbocycles. The predicted octanol–water partition coefficient (Wildman–Crippen LogP) is 3.47. The van der Waals surface area contributed by atoms with Gasteiger partial charge >= 0.3 is 26.2 Å². The number of halogens is 6. The Balaban J connectivity index is 1.42. The van der Waals surface area contributed by atoms with Crippen LogP contribution in [0.1, 0.15) is 16.7 Å². The van der Waals surface area contributed by atoms with Crippen molar-refractivity contribution in [3.63, 3.8) is 0 Å². The second-order valence-corrected chi connectivity index (χ2v) is 9.92. The average molecular weight is 614 g/mol. The third-order valence-corrected chi connectivity index (χ3v) is 6.76. The van der Waals surface area contributed by atoms with Crippen LogP contribution in [0.2, 0.25) is 0 Å². The van der Waals surface area contributed by atoms with Gasteiger partial charge in [0.25, 0.3) is 0 Å². The van der Waals surface area contributed by atoms with E-state index < -0.39 is 37.3 Å². The normalized spacial score (nSPS) is 11.8. The molecule has 0 amide bonds. The van der Waals surface area contributed by atoms with Crippen LogP contribution in [0.4, 0.5) is 26.3 Å². The lowest BCUT2D eigenvalue weighted by Crippen LogP contribution is -2.46. The van der Waals surface area contributed by atoms with Crippen molar-refractivity contribution in [2.75, 3.05) is 26.3 Å². The second kappa shape index (κ2) is 14.8. The average Bonchev–Trinajstić information content (AvgIpc) is 3.01. The molecule has 0 aliphatic heterocycles. The lowest BCUT2D eigenvalue weighted by Gasteiger charge is -2.17. The summed E-state index contributed by atoms with van der Waals surface area (Å²) in [5.74, 6) is 0.566. The molecule has 0 aliphatic carbocycles. The van der Waals surface area contributed by atoms with Crippen LogP contribution in [0.15, 0.2) is 97.1 Å². The van der Waals surface area contributed by atoms with Gasteiger partial charge in [-0.1, -0.05) is 84.9 Å². The molecule has 44 heavy (non-hydrogen) atoms. The Morgan fingerprint density at radius 1 is 0.500 bits per heavy atom. The highest BCUT2D eigenvalue weighted by atomic mass is 19.4. The molecule has 0 aromatic heterocycles. The Labute approximate surface area is 252 Å². The SMILES string of the molecule is NCCOB(c1ccc(COc2ccc(B(OCCN)c3ccc(C(F)(F)F)cc3)cc2)cc1)c1ccc(C(F)(F)F)cc1. The second-order valence-electron chi connectivity index (χ2n) is 9.92. The van der Waals surface area contributed by atoms with Gasteiger partial charge in [-0.15, -0.1) is 0 Å². The van der Waals surface area contributed by atoms with E-state index in [0.29, 0.717) is 16.7 Å². The summed E-state index contributed by atoms with van der Waals surface area (Å²) in [6.07, 6.45) is -8.86. The fourth-order valence-electron chi connectivity index (χ4n) is 4.53. The molecule has 0 unspecified atom stereocenters. The van der Waals surface area contributed by atoms with Crippen molar-refractivity contribution in [3.05, 3.63) is 114 Å². The number of benzene rings is 4. The van der Waals surface area contributed by atoms with Gasteiger partial charge in [0.1, 0.15) is 12.4 Å². The Bertz CT molecular complexity index is 1340. The molecule has 4 aromatic carbocycles. The molecule has 0 bridgehead atoms. The van der Waals surface area contributed by atoms with Gasteiger partial charge in [0.15, 0.2) is 0 Å². The van der Waals surface area contributed by atoms with Gasteiger partial charge < -0.3 is 25.5 Å². The van der Waals surface area contributed by atoms with Crippen molar-refractivity contribution < 1.29 is 40.4 Å². The van der Waals surface area contributed by atoms with Crippen LogP contribution in [0.5, 0.6) is 5.75 Å². The molecule has 0 fully saturated rings. The molecule has 0 saturated heterocycles. The first kappa shape index (κ1) is 33.1. The Morgan fingerprint density at radius 2 is 0.841 bits per heavy atom. The monoisotopic (exact) mass is 614 g/mol. The molecule has 0 heterocycles. The van der Waals surface area contributed by atoms with E-state index in [-0.39, 0.29) is 32.9 Å². The van der Waals surface area contributed by atoms with Gasteiger partial charge in [0.2, 0.25) is 0 Å². The van der Waals surface area contributed by atoms with E-state index in [4.69, 9.17) is 25.5 Å².